The van der Waals surface area contributed by atoms with Gasteiger partial charge in [0.2, 0.25) is 0 Å². The molecule has 3 heteroatoms. The first-order valence-corrected chi connectivity index (χ1v) is 5.79. The van der Waals surface area contributed by atoms with Crippen LogP contribution in [0.4, 0.5) is 0 Å². The minimum atomic E-state index is 1.00. The van der Waals surface area contributed by atoms with E-state index in [2.05, 4.69) is 40.9 Å². The Morgan fingerprint density at radius 1 is 1.27 bits per heavy atom. The smallest absolute Gasteiger partial charge is 0.0482 e. The van der Waals surface area contributed by atoms with Crippen molar-refractivity contribution in [3.63, 3.8) is 0 Å². The van der Waals surface area contributed by atoms with Crippen molar-refractivity contribution in [3.05, 3.63) is 12.2 Å². The number of hydrogen-bond acceptors (Lipinski definition) is 3. The Morgan fingerprint density at radius 3 is 2.47 bits per heavy atom. The molecule has 86 valence electrons. The first-order valence-electron chi connectivity index (χ1n) is 5.79. The number of allylic oxidation sites excluding steroid dienone is 1. The van der Waals surface area contributed by atoms with E-state index in [4.69, 9.17) is 0 Å². The molecule has 0 aromatic carbocycles. The maximum Gasteiger partial charge on any atom is 0.0482 e. The molecular formula is C12H23N3. The second-order valence-corrected chi connectivity index (χ2v) is 4.10. The van der Waals surface area contributed by atoms with Crippen LogP contribution >= 0.6 is 0 Å². The van der Waals surface area contributed by atoms with Gasteiger partial charge in [-0.25, -0.2) is 0 Å². The molecule has 0 radical (unpaired) electrons. The van der Waals surface area contributed by atoms with Crippen LogP contribution in [-0.2, 0) is 0 Å². The molecule has 0 N–H and O–H groups in total. The van der Waals surface area contributed by atoms with Crippen LogP contribution in [0.1, 0.15) is 13.3 Å². The van der Waals surface area contributed by atoms with Crippen molar-refractivity contribution < 1.29 is 0 Å². The second kappa shape index (κ2) is 6.75. The molecule has 1 heterocycles. The molecule has 0 amide bonds. The number of nitrogens with zero attached hydrogens (tertiary/aromatic N) is 3. The van der Waals surface area contributed by atoms with Gasteiger partial charge in [0.05, 0.1) is 0 Å². The third-order valence-electron chi connectivity index (χ3n) is 2.81. The summed E-state index contributed by atoms with van der Waals surface area (Å²) in [5.41, 5.74) is 1.20. The van der Waals surface area contributed by atoms with E-state index in [-0.39, 0.29) is 0 Å². The van der Waals surface area contributed by atoms with Gasteiger partial charge < -0.3 is 4.90 Å². The Kier molecular flexibility index (Phi) is 5.58. The zero-order valence-electron chi connectivity index (χ0n) is 10.2. The number of aliphatic imine (C=N–C) groups is 1. The molecule has 0 aliphatic carbocycles. The van der Waals surface area contributed by atoms with Gasteiger partial charge in [-0.3, -0.25) is 9.89 Å². The average Bonchev–Trinajstić information content (AvgIpc) is 2.27. The highest BCUT2D eigenvalue weighted by Crippen LogP contribution is 2.00. The summed E-state index contributed by atoms with van der Waals surface area (Å²) in [4.78, 5) is 9.16. The maximum atomic E-state index is 4.31. The zero-order chi connectivity index (χ0) is 11.1. The molecule has 0 unspecified atom stereocenters. The summed E-state index contributed by atoms with van der Waals surface area (Å²) in [6.07, 6.45) is 5.42. The normalized spacial score (nSPS) is 21.4. The fraction of sp³-hybridized carbons (Fsp3) is 0.750. The van der Waals surface area contributed by atoms with Crippen LogP contribution in [0.5, 0.6) is 0 Å². The molecule has 0 atom stereocenters. The van der Waals surface area contributed by atoms with E-state index in [1.165, 1.54) is 18.8 Å². The summed E-state index contributed by atoms with van der Waals surface area (Å²) >= 11 is 0. The lowest BCUT2D eigenvalue weighted by Crippen LogP contribution is -2.46. The molecule has 0 bridgehead atoms. The zero-order valence-corrected chi connectivity index (χ0v) is 10.2. The summed E-state index contributed by atoms with van der Waals surface area (Å²) in [7, 11) is 4.06. The summed E-state index contributed by atoms with van der Waals surface area (Å²) in [5.74, 6) is 0. The van der Waals surface area contributed by atoms with E-state index in [1.807, 2.05) is 7.05 Å². The quantitative estimate of drug-likeness (QED) is 0.649. The second-order valence-electron chi connectivity index (χ2n) is 4.10. The number of hydrogen-bond donors (Lipinski definition) is 0. The highest BCUT2D eigenvalue weighted by Gasteiger charge is 2.13. The first kappa shape index (κ1) is 12.4. The van der Waals surface area contributed by atoms with Crippen LogP contribution in [0.15, 0.2) is 17.1 Å². The molecule has 1 aliphatic rings. The van der Waals surface area contributed by atoms with Crippen LogP contribution in [0.2, 0.25) is 0 Å². The van der Waals surface area contributed by atoms with Gasteiger partial charge in [-0.05, 0) is 19.5 Å². The number of piperazine rings is 1. The van der Waals surface area contributed by atoms with Crippen molar-refractivity contribution in [1.29, 1.82) is 0 Å². The minimum Gasteiger partial charge on any atom is -0.304 e. The topological polar surface area (TPSA) is 18.8 Å². The SMILES string of the molecule is CC/C=C\C(CN1CCN(C)CC1)=NC. The molecular weight excluding hydrogens is 186 g/mol. The van der Waals surface area contributed by atoms with Crippen LogP contribution < -0.4 is 0 Å². The van der Waals surface area contributed by atoms with Gasteiger partial charge in [0.15, 0.2) is 0 Å². The van der Waals surface area contributed by atoms with E-state index in [0.29, 0.717) is 0 Å². The highest BCUT2D eigenvalue weighted by molar-refractivity contribution is 5.96. The molecule has 15 heavy (non-hydrogen) atoms. The van der Waals surface area contributed by atoms with Crippen LogP contribution in [0.25, 0.3) is 0 Å². The Balaban J connectivity index is 2.36. The third kappa shape index (κ3) is 4.58. The lowest BCUT2D eigenvalue weighted by atomic mass is 10.2. The van der Waals surface area contributed by atoms with Gasteiger partial charge in [0.25, 0.3) is 0 Å². The van der Waals surface area contributed by atoms with Crippen LogP contribution in [0, 0.1) is 0 Å². The van der Waals surface area contributed by atoms with Gasteiger partial charge in [-0.2, -0.15) is 0 Å². The minimum absolute atomic E-state index is 1.00. The van der Waals surface area contributed by atoms with Crippen molar-refractivity contribution in [1.82, 2.24) is 9.80 Å². The van der Waals surface area contributed by atoms with E-state index < -0.39 is 0 Å². The number of likely N-dealkylation sites (N-methyl/N-ethyl adjacent to an activating group) is 1. The molecule has 0 aromatic rings. The van der Waals surface area contributed by atoms with E-state index in [1.54, 1.807) is 0 Å². The average molecular weight is 209 g/mol. The summed E-state index contributed by atoms with van der Waals surface area (Å²) < 4.78 is 0. The monoisotopic (exact) mass is 209 g/mol. The molecule has 0 spiro atoms. The van der Waals surface area contributed by atoms with Crippen LogP contribution in [-0.4, -0.2) is 62.3 Å². The van der Waals surface area contributed by atoms with Gasteiger partial charge in [-0.1, -0.05) is 13.0 Å². The Bertz CT molecular complexity index is 225. The van der Waals surface area contributed by atoms with Gasteiger partial charge in [0, 0.05) is 45.5 Å². The van der Waals surface area contributed by atoms with E-state index >= 15 is 0 Å². The molecule has 0 aromatic heterocycles. The molecule has 1 aliphatic heterocycles. The van der Waals surface area contributed by atoms with E-state index in [0.717, 1.165) is 26.1 Å². The molecule has 0 saturated carbocycles. The lowest BCUT2D eigenvalue weighted by Gasteiger charge is -2.32. The molecule has 1 rings (SSSR count). The van der Waals surface area contributed by atoms with Crippen molar-refractivity contribution in [2.45, 2.75) is 13.3 Å². The van der Waals surface area contributed by atoms with Crippen molar-refractivity contribution in [2.75, 3.05) is 46.8 Å². The van der Waals surface area contributed by atoms with Gasteiger partial charge >= 0.3 is 0 Å². The highest BCUT2D eigenvalue weighted by atomic mass is 15.2. The summed E-state index contributed by atoms with van der Waals surface area (Å²) in [6, 6.07) is 0. The number of rotatable bonds is 4. The Hall–Kier alpha value is -0.670. The predicted octanol–water partition coefficient (Wildman–Crippen LogP) is 1.27. The third-order valence-corrected chi connectivity index (χ3v) is 2.81. The van der Waals surface area contributed by atoms with Crippen LogP contribution in [0.3, 0.4) is 0 Å². The Morgan fingerprint density at radius 2 is 1.93 bits per heavy atom. The predicted molar refractivity (Wildman–Crippen MR) is 66.7 cm³/mol. The van der Waals surface area contributed by atoms with Crippen molar-refractivity contribution >= 4 is 5.71 Å². The fourth-order valence-electron chi connectivity index (χ4n) is 1.69. The van der Waals surface area contributed by atoms with Gasteiger partial charge in [0.1, 0.15) is 0 Å². The summed E-state index contributed by atoms with van der Waals surface area (Å²) in [5, 5.41) is 0. The molecule has 1 fully saturated rings. The Labute approximate surface area is 93.5 Å². The standard InChI is InChI=1S/C12H23N3/c1-4-5-6-12(13-2)11-15-9-7-14(3)8-10-15/h5-6H,4,7-11H2,1-3H3/b6-5-,13-12?. The summed E-state index contributed by atoms with van der Waals surface area (Å²) in [6.45, 7) is 7.83. The van der Waals surface area contributed by atoms with Gasteiger partial charge in [-0.15, -0.1) is 0 Å². The molecule has 3 nitrogen and oxygen atoms in total. The maximum absolute atomic E-state index is 4.31. The lowest BCUT2D eigenvalue weighted by molar-refractivity contribution is 0.170. The largest absolute Gasteiger partial charge is 0.304 e. The molecule has 1 saturated heterocycles. The van der Waals surface area contributed by atoms with E-state index in [9.17, 15) is 0 Å². The van der Waals surface area contributed by atoms with Crippen molar-refractivity contribution in [3.8, 4) is 0 Å². The van der Waals surface area contributed by atoms with Crippen molar-refractivity contribution in [2.24, 2.45) is 4.99 Å². The fourth-order valence-corrected chi connectivity index (χ4v) is 1.69. The first-order chi connectivity index (χ1) is 7.26.